The average molecular weight is 305 g/mol. The van der Waals surface area contributed by atoms with Gasteiger partial charge in [-0.15, -0.1) is 0 Å². The molecule has 0 aromatic heterocycles. The summed E-state index contributed by atoms with van der Waals surface area (Å²) in [7, 11) is 0. The smallest absolute Gasteiger partial charge is 0.406 e. The summed E-state index contributed by atoms with van der Waals surface area (Å²) < 4.78 is 48.0. The fourth-order valence-electron chi connectivity index (χ4n) is 1.55. The summed E-state index contributed by atoms with van der Waals surface area (Å²) in [5, 5.41) is 0. The van der Waals surface area contributed by atoms with Crippen LogP contribution in [-0.2, 0) is 20.9 Å². The van der Waals surface area contributed by atoms with Crippen LogP contribution in [0, 0.1) is 0 Å². The first-order chi connectivity index (χ1) is 9.71. The predicted molar refractivity (Wildman–Crippen MR) is 70.3 cm³/mol. The summed E-state index contributed by atoms with van der Waals surface area (Å²) in [6.07, 6.45) is -7.20. The molecule has 0 spiro atoms. The number of ether oxygens (including phenoxy) is 2. The first kappa shape index (κ1) is 17.5. The van der Waals surface area contributed by atoms with E-state index in [1.807, 2.05) is 0 Å². The maximum Gasteiger partial charge on any atom is 0.406 e. The van der Waals surface area contributed by atoms with Crippen molar-refractivity contribution < 1.29 is 27.4 Å². The highest BCUT2D eigenvalue weighted by atomic mass is 19.4. The number of hydrogen-bond acceptors (Lipinski definition) is 4. The molecule has 0 aliphatic carbocycles. The number of carbonyl (C=O) groups is 1. The second-order valence-electron chi connectivity index (χ2n) is 4.77. The number of hydrogen-bond donors (Lipinski definition) is 1. The topological polar surface area (TPSA) is 61.5 Å². The Morgan fingerprint density at radius 2 is 1.81 bits per heavy atom. The Balaban J connectivity index is 2.79. The van der Waals surface area contributed by atoms with Crippen LogP contribution in [0.5, 0.6) is 0 Å². The molecule has 0 fully saturated rings. The molecule has 2 atom stereocenters. The SMILES string of the molecule is CC(C)OC(=O)[C@H](OCc1ccccc1)[C@@H](N)C(F)(F)F. The Morgan fingerprint density at radius 1 is 1.24 bits per heavy atom. The summed E-state index contributed by atoms with van der Waals surface area (Å²) in [6.45, 7) is 2.90. The molecule has 0 radical (unpaired) electrons. The van der Waals surface area contributed by atoms with Gasteiger partial charge in [0, 0.05) is 0 Å². The lowest BCUT2D eigenvalue weighted by Gasteiger charge is -2.25. The number of rotatable bonds is 6. The van der Waals surface area contributed by atoms with Gasteiger partial charge in [0.15, 0.2) is 6.10 Å². The van der Waals surface area contributed by atoms with Crippen molar-refractivity contribution in [1.29, 1.82) is 0 Å². The molecule has 0 amide bonds. The molecule has 4 nitrogen and oxygen atoms in total. The van der Waals surface area contributed by atoms with Gasteiger partial charge >= 0.3 is 12.1 Å². The van der Waals surface area contributed by atoms with E-state index in [0.717, 1.165) is 0 Å². The maximum absolute atomic E-state index is 12.7. The second kappa shape index (κ2) is 7.42. The summed E-state index contributed by atoms with van der Waals surface area (Å²) in [5.41, 5.74) is 5.72. The third kappa shape index (κ3) is 5.73. The van der Waals surface area contributed by atoms with Crippen LogP contribution in [0.2, 0.25) is 0 Å². The van der Waals surface area contributed by atoms with Gasteiger partial charge < -0.3 is 15.2 Å². The van der Waals surface area contributed by atoms with Crippen LogP contribution in [0.3, 0.4) is 0 Å². The summed E-state index contributed by atoms with van der Waals surface area (Å²) in [4.78, 5) is 11.7. The average Bonchev–Trinajstić information content (AvgIpc) is 2.38. The minimum atomic E-state index is -4.75. The minimum absolute atomic E-state index is 0.164. The largest absolute Gasteiger partial charge is 0.461 e. The van der Waals surface area contributed by atoms with Crippen molar-refractivity contribution >= 4 is 5.97 Å². The zero-order valence-corrected chi connectivity index (χ0v) is 11.8. The first-order valence-electron chi connectivity index (χ1n) is 6.40. The van der Waals surface area contributed by atoms with Crippen LogP contribution in [0.4, 0.5) is 13.2 Å². The van der Waals surface area contributed by atoms with Gasteiger partial charge in [-0.25, -0.2) is 4.79 Å². The van der Waals surface area contributed by atoms with E-state index >= 15 is 0 Å². The highest BCUT2D eigenvalue weighted by Gasteiger charge is 2.46. The summed E-state index contributed by atoms with van der Waals surface area (Å²) in [5.74, 6) is -1.12. The Morgan fingerprint density at radius 3 is 2.29 bits per heavy atom. The van der Waals surface area contributed by atoms with E-state index in [-0.39, 0.29) is 6.61 Å². The molecule has 0 saturated carbocycles. The van der Waals surface area contributed by atoms with Crippen molar-refractivity contribution in [1.82, 2.24) is 0 Å². The van der Waals surface area contributed by atoms with Crippen LogP contribution in [0.1, 0.15) is 19.4 Å². The third-order valence-electron chi connectivity index (χ3n) is 2.56. The minimum Gasteiger partial charge on any atom is -0.461 e. The molecule has 1 aromatic rings. The summed E-state index contributed by atoms with van der Waals surface area (Å²) >= 11 is 0. The molecule has 7 heteroatoms. The van der Waals surface area contributed by atoms with Gasteiger partial charge in [-0.2, -0.15) is 13.2 Å². The van der Waals surface area contributed by atoms with Crippen molar-refractivity contribution in [2.45, 2.75) is 44.9 Å². The highest BCUT2D eigenvalue weighted by Crippen LogP contribution is 2.24. The third-order valence-corrected chi connectivity index (χ3v) is 2.56. The lowest BCUT2D eigenvalue weighted by atomic mass is 10.1. The zero-order chi connectivity index (χ0) is 16.0. The summed E-state index contributed by atoms with van der Waals surface area (Å²) in [6, 6.07) is 6.09. The fourth-order valence-corrected chi connectivity index (χ4v) is 1.55. The Kier molecular flexibility index (Phi) is 6.17. The zero-order valence-electron chi connectivity index (χ0n) is 11.8. The Bertz CT molecular complexity index is 449. The number of esters is 1. The van der Waals surface area contributed by atoms with Gasteiger partial charge in [-0.3, -0.25) is 0 Å². The van der Waals surface area contributed by atoms with E-state index in [4.69, 9.17) is 15.2 Å². The fraction of sp³-hybridized carbons (Fsp3) is 0.500. The van der Waals surface area contributed by atoms with E-state index in [1.165, 1.54) is 13.8 Å². The first-order valence-corrected chi connectivity index (χ1v) is 6.40. The van der Waals surface area contributed by atoms with Crippen LogP contribution in [0.25, 0.3) is 0 Å². The van der Waals surface area contributed by atoms with Crippen LogP contribution in [-0.4, -0.2) is 30.4 Å². The van der Waals surface area contributed by atoms with E-state index in [9.17, 15) is 18.0 Å². The van der Waals surface area contributed by atoms with Crippen molar-refractivity contribution in [3.63, 3.8) is 0 Å². The van der Waals surface area contributed by atoms with Crippen LogP contribution in [0.15, 0.2) is 30.3 Å². The highest BCUT2D eigenvalue weighted by molar-refractivity contribution is 5.76. The monoisotopic (exact) mass is 305 g/mol. The molecule has 1 aromatic carbocycles. The molecule has 0 aliphatic heterocycles. The van der Waals surface area contributed by atoms with Gasteiger partial charge in [-0.1, -0.05) is 30.3 Å². The standard InChI is InChI=1S/C14H18F3NO3/c1-9(2)21-13(19)11(12(18)14(15,16)17)20-8-10-6-4-3-5-7-10/h3-7,9,11-12H,8,18H2,1-2H3/t11-,12-/m1/s1. The predicted octanol–water partition coefficient (Wildman–Crippen LogP) is 2.41. The number of alkyl halides is 3. The lowest BCUT2D eigenvalue weighted by Crippen LogP contribution is -2.52. The molecule has 0 heterocycles. The molecule has 21 heavy (non-hydrogen) atoms. The molecule has 1 rings (SSSR count). The Labute approximate surface area is 121 Å². The van der Waals surface area contributed by atoms with E-state index in [1.54, 1.807) is 30.3 Å². The van der Waals surface area contributed by atoms with Crippen molar-refractivity contribution in [2.75, 3.05) is 0 Å². The van der Waals surface area contributed by atoms with Gasteiger partial charge in [0.2, 0.25) is 0 Å². The molecule has 2 N–H and O–H groups in total. The van der Waals surface area contributed by atoms with E-state index < -0.39 is 30.4 Å². The number of nitrogens with two attached hydrogens (primary N) is 1. The van der Waals surface area contributed by atoms with Crippen molar-refractivity contribution in [3.8, 4) is 0 Å². The Hall–Kier alpha value is -1.60. The molecule has 0 aliphatic rings. The van der Waals surface area contributed by atoms with Crippen molar-refractivity contribution in [2.24, 2.45) is 5.73 Å². The molecular formula is C14H18F3NO3. The maximum atomic E-state index is 12.7. The number of carbonyl (C=O) groups excluding carboxylic acids is 1. The van der Waals surface area contributed by atoms with Crippen molar-refractivity contribution in [3.05, 3.63) is 35.9 Å². The van der Waals surface area contributed by atoms with Crippen LogP contribution < -0.4 is 5.73 Å². The second-order valence-corrected chi connectivity index (χ2v) is 4.77. The van der Waals surface area contributed by atoms with E-state index in [0.29, 0.717) is 5.56 Å². The molecule has 118 valence electrons. The van der Waals surface area contributed by atoms with Gasteiger partial charge in [0.05, 0.1) is 12.7 Å². The van der Waals surface area contributed by atoms with Crippen LogP contribution >= 0.6 is 0 Å². The normalized spacial score (nSPS) is 14.8. The molecule has 0 unspecified atom stereocenters. The molecule has 0 saturated heterocycles. The van der Waals surface area contributed by atoms with Gasteiger partial charge in [0.25, 0.3) is 0 Å². The van der Waals surface area contributed by atoms with Gasteiger partial charge in [0.1, 0.15) is 6.04 Å². The van der Waals surface area contributed by atoms with Gasteiger partial charge in [-0.05, 0) is 19.4 Å². The number of halogens is 3. The van der Waals surface area contributed by atoms with E-state index in [2.05, 4.69) is 0 Å². The number of benzene rings is 1. The quantitative estimate of drug-likeness (QED) is 0.820. The molecular weight excluding hydrogens is 287 g/mol. The lowest BCUT2D eigenvalue weighted by molar-refractivity contribution is -0.196. The molecule has 0 bridgehead atoms.